The zero-order valence-corrected chi connectivity index (χ0v) is 37.7. The normalized spacial score (nSPS) is 11.8. The minimum absolute atomic E-state index is 1.08. The minimum Gasteiger partial charge on any atom is -0.311 e. The van der Waals surface area contributed by atoms with Gasteiger partial charge < -0.3 is 9.47 Å². The average molecular weight is 875 g/mol. The van der Waals surface area contributed by atoms with Gasteiger partial charge in [0.05, 0.1) is 11.0 Å². The first kappa shape index (κ1) is 40.2. The zero-order valence-electron chi connectivity index (χ0n) is 36.9. The van der Waals surface area contributed by atoms with Crippen LogP contribution in [0.2, 0.25) is 0 Å². The van der Waals surface area contributed by atoms with E-state index in [9.17, 15) is 0 Å². The van der Waals surface area contributed by atoms with E-state index in [-0.39, 0.29) is 0 Å². The SMILES string of the molecule is c1ccc(-n2c3ccccc3c3c(-c4ccc(N(c5ccc(-c6ccc7ccccc7c6)cc5)c5ccc(S(c6ccccc6)(c6ccccc6)c6ccccc6)cc5)cc4)cccc32)cc1. The molecular formula is C64H46N2S. The van der Waals surface area contributed by atoms with Crippen LogP contribution in [0.15, 0.2) is 299 Å². The molecule has 318 valence electrons. The third kappa shape index (κ3) is 7.09. The molecule has 0 fully saturated rings. The first-order valence-electron chi connectivity index (χ1n) is 22.9. The average Bonchev–Trinajstić information content (AvgIpc) is 3.76. The van der Waals surface area contributed by atoms with Gasteiger partial charge in [-0.15, -0.1) is 10.0 Å². The molecule has 12 rings (SSSR count). The van der Waals surface area contributed by atoms with E-state index in [2.05, 4.69) is 289 Å². The van der Waals surface area contributed by atoms with E-state index in [0.29, 0.717) is 0 Å². The summed E-state index contributed by atoms with van der Waals surface area (Å²) >= 11 is 0. The number of nitrogens with zero attached hydrogens (tertiary/aromatic N) is 2. The maximum atomic E-state index is 2.39. The quantitative estimate of drug-likeness (QED) is 0.133. The van der Waals surface area contributed by atoms with Crippen molar-refractivity contribution in [2.75, 3.05) is 4.90 Å². The van der Waals surface area contributed by atoms with Crippen molar-refractivity contribution in [1.29, 1.82) is 0 Å². The summed E-state index contributed by atoms with van der Waals surface area (Å²) in [6.45, 7) is 0. The number of hydrogen-bond acceptors (Lipinski definition) is 1. The highest BCUT2D eigenvalue weighted by atomic mass is 32.3. The Bertz CT molecular complexity index is 3550. The molecule has 0 saturated heterocycles. The van der Waals surface area contributed by atoms with E-state index < -0.39 is 10.0 Å². The van der Waals surface area contributed by atoms with Gasteiger partial charge in [0.1, 0.15) is 0 Å². The Kier molecular flexibility index (Phi) is 10.3. The Morgan fingerprint density at radius 3 is 1.34 bits per heavy atom. The molecule has 12 aromatic rings. The van der Waals surface area contributed by atoms with Crippen LogP contribution in [0, 0.1) is 0 Å². The number of para-hydroxylation sites is 2. The maximum absolute atomic E-state index is 2.39. The molecule has 2 nitrogen and oxygen atoms in total. The molecule has 0 aliphatic heterocycles. The van der Waals surface area contributed by atoms with E-state index in [1.807, 2.05) is 0 Å². The second-order valence-corrected chi connectivity index (χ2v) is 20.0. The van der Waals surface area contributed by atoms with Crippen molar-refractivity contribution in [3.05, 3.63) is 279 Å². The molecule has 0 aliphatic rings. The lowest BCUT2D eigenvalue weighted by atomic mass is 9.99. The monoisotopic (exact) mass is 874 g/mol. The lowest BCUT2D eigenvalue weighted by Gasteiger charge is -2.42. The highest BCUT2D eigenvalue weighted by Crippen LogP contribution is 2.73. The van der Waals surface area contributed by atoms with Gasteiger partial charge in [-0.25, -0.2) is 0 Å². The van der Waals surface area contributed by atoms with Crippen LogP contribution in [0.4, 0.5) is 17.1 Å². The molecule has 0 saturated carbocycles. The van der Waals surface area contributed by atoms with Gasteiger partial charge in [-0.2, -0.15) is 0 Å². The van der Waals surface area contributed by atoms with Crippen LogP contribution in [-0.2, 0) is 0 Å². The van der Waals surface area contributed by atoms with Gasteiger partial charge in [0.2, 0.25) is 0 Å². The van der Waals surface area contributed by atoms with Crippen LogP contribution in [0.1, 0.15) is 0 Å². The van der Waals surface area contributed by atoms with Crippen LogP contribution in [-0.4, -0.2) is 4.57 Å². The molecule has 1 heterocycles. The fourth-order valence-electron chi connectivity index (χ4n) is 10.0. The first-order chi connectivity index (χ1) is 33.2. The third-order valence-electron chi connectivity index (χ3n) is 13.1. The molecule has 67 heavy (non-hydrogen) atoms. The van der Waals surface area contributed by atoms with E-state index in [4.69, 9.17) is 0 Å². The molecule has 0 N–H and O–H groups in total. The van der Waals surface area contributed by atoms with Crippen molar-refractivity contribution in [3.63, 3.8) is 0 Å². The topological polar surface area (TPSA) is 8.17 Å². The summed E-state index contributed by atoms with van der Waals surface area (Å²) in [5.41, 5.74) is 11.6. The molecule has 0 bridgehead atoms. The maximum Gasteiger partial charge on any atom is 0.0547 e. The van der Waals surface area contributed by atoms with Crippen molar-refractivity contribution in [2.24, 2.45) is 0 Å². The van der Waals surface area contributed by atoms with Gasteiger partial charge in [-0.05, 0) is 148 Å². The van der Waals surface area contributed by atoms with Crippen LogP contribution in [0.5, 0.6) is 0 Å². The molecule has 0 spiro atoms. The Morgan fingerprint density at radius 2 is 0.746 bits per heavy atom. The smallest absolute Gasteiger partial charge is 0.0547 e. The van der Waals surface area contributed by atoms with Crippen molar-refractivity contribution >= 4 is 59.7 Å². The second kappa shape index (κ2) is 17.2. The second-order valence-electron chi connectivity index (χ2n) is 16.9. The number of hydrogen-bond donors (Lipinski definition) is 0. The fourth-order valence-corrected chi connectivity index (χ4v) is 13.9. The van der Waals surface area contributed by atoms with Gasteiger partial charge >= 0.3 is 0 Å². The summed E-state index contributed by atoms with van der Waals surface area (Å²) in [6, 6.07) is 102. The molecule has 0 atom stereocenters. The summed E-state index contributed by atoms with van der Waals surface area (Å²) in [5.74, 6) is 0. The molecule has 11 aromatic carbocycles. The molecule has 3 heteroatoms. The number of anilines is 3. The summed E-state index contributed by atoms with van der Waals surface area (Å²) in [5, 5.41) is 4.99. The molecule has 1 aromatic heterocycles. The Balaban J connectivity index is 0.993. The summed E-state index contributed by atoms with van der Waals surface area (Å²) < 4.78 is 2.39. The number of aromatic nitrogens is 1. The largest absolute Gasteiger partial charge is 0.311 e. The van der Waals surface area contributed by atoms with Crippen molar-refractivity contribution in [1.82, 2.24) is 4.57 Å². The molecular weight excluding hydrogens is 829 g/mol. The van der Waals surface area contributed by atoms with Gasteiger partial charge in [-0.1, -0.05) is 164 Å². The number of rotatable bonds is 10. The van der Waals surface area contributed by atoms with Gasteiger partial charge in [-0.3, -0.25) is 0 Å². The number of fused-ring (bicyclic) bond motifs is 4. The number of benzene rings is 11. The molecule has 0 amide bonds. The van der Waals surface area contributed by atoms with E-state index in [0.717, 1.165) is 22.7 Å². The molecule has 0 radical (unpaired) electrons. The van der Waals surface area contributed by atoms with Crippen molar-refractivity contribution in [3.8, 4) is 27.9 Å². The van der Waals surface area contributed by atoms with E-state index in [1.54, 1.807) is 0 Å². The Labute approximate surface area is 393 Å². The van der Waals surface area contributed by atoms with E-state index >= 15 is 0 Å². The lowest BCUT2D eigenvalue weighted by Crippen LogP contribution is -2.10. The molecule has 0 aliphatic carbocycles. The van der Waals surface area contributed by atoms with Crippen LogP contribution < -0.4 is 4.90 Å². The zero-order chi connectivity index (χ0) is 44.6. The fraction of sp³-hybridized carbons (Fsp3) is 0. The third-order valence-corrected chi connectivity index (χ3v) is 17.0. The van der Waals surface area contributed by atoms with Crippen LogP contribution in [0.25, 0.3) is 60.5 Å². The summed E-state index contributed by atoms with van der Waals surface area (Å²) in [6.07, 6.45) is 0. The Hall–Kier alpha value is -8.37. The van der Waals surface area contributed by atoms with E-state index in [1.165, 1.54) is 74.4 Å². The van der Waals surface area contributed by atoms with Crippen molar-refractivity contribution < 1.29 is 0 Å². The highest BCUT2D eigenvalue weighted by molar-refractivity contribution is 8.34. The minimum atomic E-state index is -1.84. The van der Waals surface area contributed by atoms with Gasteiger partial charge in [0.25, 0.3) is 0 Å². The lowest BCUT2D eigenvalue weighted by molar-refractivity contribution is 1.18. The predicted octanol–water partition coefficient (Wildman–Crippen LogP) is 18.1. The summed E-state index contributed by atoms with van der Waals surface area (Å²) in [7, 11) is -1.84. The van der Waals surface area contributed by atoms with Gasteiger partial charge in [0, 0.05) is 53.1 Å². The standard InChI is InChI=1S/C64H46N2S/c1-5-20-52(21-6-1)66-62-30-16-15-28-61(62)64-60(29-17-31-63(64)66)49-36-40-54(41-37-49)65(53-38-34-48(35-39-53)51-33-32-47-18-13-14-19-50(47)46-51)55-42-44-59(45-43-55)67(56-22-7-2-8-23-56,57-24-9-3-10-25-57)58-26-11-4-12-27-58/h1-46H. The highest BCUT2D eigenvalue weighted by Gasteiger charge is 2.33. The van der Waals surface area contributed by atoms with Crippen LogP contribution >= 0.6 is 10.0 Å². The van der Waals surface area contributed by atoms with Crippen molar-refractivity contribution in [2.45, 2.75) is 19.6 Å². The Morgan fingerprint density at radius 1 is 0.299 bits per heavy atom. The van der Waals surface area contributed by atoms with Gasteiger partial charge in [0.15, 0.2) is 0 Å². The predicted molar refractivity (Wildman–Crippen MR) is 284 cm³/mol. The first-order valence-corrected chi connectivity index (χ1v) is 24.5. The van der Waals surface area contributed by atoms with Crippen LogP contribution in [0.3, 0.4) is 0 Å². The molecule has 0 unspecified atom stereocenters. The summed E-state index contributed by atoms with van der Waals surface area (Å²) in [4.78, 5) is 7.59.